The first-order chi connectivity index (χ1) is 8.33. The van der Waals surface area contributed by atoms with E-state index in [0.29, 0.717) is 12.8 Å². The van der Waals surface area contributed by atoms with Crippen LogP contribution in [0.15, 0.2) is 47.6 Å². The predicted molar refractivity (Wildman–Crippen MR) is 84.0 cm³/mol. The summed E-state index contributed by atoms with van der Waals surface area (Å²) in [6, 6.07) is 0. The van der Waals surface area contributed by atoms with E-state index in [0.717, 1.165) is 12.8 Å². The van der Waals surface area contributed by atoms with Crippen molar-refractivity contribution in [3.63, 3.8) is 0 Å². The van der Waals surface area contributed by atoms with Crippen molar-refractivity contribution in [3.05, 3.63) is 47.6 Å². The van der Waals surface area contributed by atoms with Gasteiger partial charge in [0.05, 0.1) is 0 Å². The number of halogens is 2. The minimum atomic E-state index is -0.142. The summed E-state index contributed by atoms with van der Waals surface area (Å²) in [6.07, 6.45) is 16.0. The molecule has 2 aliphatic rings. The number of hydrogen-bond acceptors (Lipinski definition) is 2. The molecule has 0 heterocycles. The van der Waals surface area contributed by atoms with Crippen molar-refractivity contribution < 1.29 is 36.4 Å². The maximum absolute atomic E-state index is 9.37. The van der Waals surface area contributed by atoms with Crippen molar-refractivity contribution in [1.82, 2.24) is 0 Å². The fourth-order valence-corrected chi connectivity index (χ4v) is 2.96. The van der Waals surface area contributed by atoms with Gasteiger partial charge in [0, 0.05) is 44.8 Å². The number of allylic oxidation sites excluding steroid dienone is 8. The van der Waals surface area contributed by atoms with E-state index in [1.54, 1.807) is 0 Å². The van der Waals surface area contributed by atoms with Crippen LogP contribution >= 0.6 is 24.8 Å². The molecule has 2 N–H and O–H groups in total. The van der Waals surface area contributed by atoms with Gasteiger partial charge in [-0.05, 0) is 25.7 Å². The summed E-state index contributed by atoms with van der Waals surface area (Å²) in [5, 5.41) is 18.7. The van der Waals surface area contributed by atoms with Gasteiger partial charge < -0.3 is 10.2 Å². The Morgan fingerprint density at radius 3 is 1.50 bits per heavy atom. The molecule has 0 fully saturated rings. The summed E-state index contributed by atoms with van der Waals surface area (Å²) in [5.74, 6) is 0. The molecule has 2 rings (SSSR count). The Kier molecular flexibility index (Phi) is 12.4. The molecule has 0 bridgehead atoms. The largest absolute Gasteiger partial charge is 0.396 e. The van der Waals surface area contributed by atoms with E-state index in [1.807, 2.05) is 0 Å². The molecule has 20 heavy (non-hydrogen) atoms. The molecule has 0 atom stereocenters. The predicted octanol–water partition coefficient (Wildman–Crippen LogP) is 3.35. The molecule has 0 aromatic rings. The summed E-state index contributed by atoms with van der Waals surface area (Å²) in [5.41, 5.74) is 2.52. The third kappa shape index (κ3) is 4.68. The topological polar surface area (TPSA) is 40.5 Å². The third-order valence-corrected chi connectivity index (χ3v) is 3.85. The fraction of sp³-hybridized carbons (Fsp3) is 0.467. The summed E-state index contributed by atoms with van der Waals surface area (Å²) in [7, 11) is 0. The van der Waals surface area contributed by atoms with Crippen molar-refractivity contribution in [2.45, 2.75) is 25.7 Å². The van der Waals surface area contributed by atoms with E-state index < -0.39 is 0 Å². The normalized spacial score (nSPS) is 15.9. The van der Waals surface area contributed by atoms with Gasteiger partial charge in [0.1, 0.15) is 0 Å². The average molecular weight is 396 g/mol. The summed E-state index contributed by atoms with van der Waals surface area (Å²) in [6.45, 7) is 0.323. The molecule has 0 saturated heterocycles. The van der Waals surface area contributed by atoms with E-state index in [9.17, 15) is 10.2 Å². The molecule has 5 heteroatoms. The van der Waals surface area contributed by atoms with Crippen molar-refractivity contribution in [2.75, 3.05) is 13.2 Å². The molecule has 0 aromatic heterocycles. The van der Waals surface area contributed by atoms with Crippen LogP contribution in [0.25, 0.3) is 0 Å². The van der Waals surface area contributed by atoms with Crippen LogP contribution in [0, 0.1) is 5.41 Å². The Morgan fingerprint density at radius 2 is 1.25 bits per heavy atom. The molecule has 0 radical (unpaired) electrons. The van der Waals surface area contributed by atoms with Crippen LogP contribution in [0.4, 0.5) is 0 Å². The summed E-state index contributed by atoms with van der Waals surface area (Å²) >= 11 is 0. The molecule has 0 unspecified atom stereocenters. The molecule has 2 nitrogen and oxygen atoms in total. The van der Waals surface area contributed by atoms with E-state index in [4.69, 9.17) is 0 Å². The molecule has 0 saturated carbocycles. The quantitative estimate of drug-likeness (QED) is 0.723. The van der Waals surface area contributed by atoms with Crippen LogP contribution in [-0.2, 0) is 26.2 Å². The Hall–Kier alpha value is 0.343. The van der Waals surface area contributed by atoms with Crippen LogP contribution < -0.4 is 0 Å². The number of hydrogen-bond donors (Lipinski definition) is 2. The van der Waals surface area contributed by atoms with Crippen LogP contribution in [-0.4, -0.2) is 23.4 Å². The molecular weight excluding hydrogens is 374 g/mol. The molecule has 0 amide bonds. The minimum Gasteiger partial charge on any atom is -0.396 e. The first-order valence-corrected chi connectivity index (χ1v) is 6.27. The molecular formula is C15H22Cl2O2Zr. The number of aliphatic hydroxyl groups excluding tert-OH is 2. The second-order valence-corrected chi connectivity index (χ2v) is 4.68. The van der Waals surface area contributed by atoms with E-state index >= 15 is 0 Å². The number of rotatable bonds is 6. The standard InChI is InChI=1S/C15H20O2.2ClH.Zr/c16-11-9-15(10-12-17,13-5-1-2-6-13)14-7-3-4-8-14;;;/h1-5,7,16-17H,6,8-12H2;2*1H;. The zero-order valence-electron chi connectivity index (χ0n) is 11.4. The fourth-order valence-electron chi connectivity index (χ4n) is 2.96. The molecule has 112 valence electrons. The zero-order valence-corrected chi connectivity index (χ0v) is 15.5. The van der Waals surface area contributed by atoms with Crippen molar-refractivity contribution >= 4 is 24.8 Å². The Balaban J connectivity index is 0. The maximum atomic E-state index is 9.37. The molecule has 0 spiro atoms. The summed E-state index contributed by atoms with van der Waals surface area (Å²) in [4.78, 5) is 0. The van der Waals surface area contributed by atoms with Crippen LogP contribution in [0.2, 0.25) is 0 Å². The van der Waals surface area contributed by atoms with E-state index in [-0.39, 0.29) is 69.6 Å². The van der Waals surface area contributed by atoms with Gasteiger partial charge >= 0.3 is 0 Å². The van der Waals surface area contributed by atoms with Crippen molar-refractivity contribution in [3.8, 4) is 0 Å². The second-order valence-electron chi connectivity index (χ2n) is 4.68. The van der Waals surface area contributed by atoms with Crippen molar-refractivity contribution in [1.29, 1.82) is 0 Å². The average Bonchev–Trinajstić information content (AvgIpc) is 3.02. The second kappa shape index (κ2) is 11.0. The Bertz CT molecular complexity index is 363. The van der Waals surface area contributed by atoms with Gasteiger partial charge in [0.25, 0.3) is 0 Å². The first kappa shape index (κ1) is 22.6. The minimum absolute atomic E-state index is 0. The SMILES string of the molecule is Cl.Cl.OCCC(CCO)(C1=CC=CC1)C1=CC=CC1.[Zr]. The van der Waals surface area contributed by atoms with Gasteiger partial charge in [-0.3, -0.25) is 0 Å². The van der Waals surface area contributed by atoms with Gasteiger partial charge in [-0.1, -0.05) is 47.6 Å². The Labute approximate surface area is 152 Å². The first-order valence-electron chi connectivity index (χ1n) is 6.27. The van der Waals surface area contributed by atoms with Gasteiger partial charge in [0.2, 0.25) is 0 Å². The number of aliphatic hydroxyl groups is 2. The van der Waals surface area contributed by atoms with Gasteiger partial charge in [0.15, 0.2) is 0 Å². The maximum Gasteiger partial charge on any atom is 0.0442 e. The van der Waals surface area contributed by atoms with Crippen LogP contribution in [0.5, 0.6) is 0 Å². The monoisotopic (exact) mass is 394 g/mol. The van der Waals surface area contributed by atoms with Gasteiger partial charge in [-0.15, -0.1) is 24.8 Å². The van der Waals surface area contributed by atoms with Crippen molar-refractivity contribution in [2.24, 2.45) is 5.41 Å². The van der Waals surface area contributed by atoms with Crippen LogP contribution in [0.1, 0.15) is 25.7 Å². The van der Waals surface area contributed by atoms with Crippen LogP contribution in [0.3, 0.4) is 0 Å². The van der Waals surface area contributed by atoms with Gasteiger partial charge in [-0.2, -0.15) is 0 Å². The smallest absolute Gasteiger partial charge is 0.0442 e. The molecule has 0 aliphatic heterocycles. The third-order valence-electron chi connectivity index (χ3n) is 3.85. The molecule has 2 aliphatic carbocycles. The van der Waals surface area contributed by atoms with E-state index in [2.05, 4.69) is 36.5 Å². The zero-order chi connectivity index (χ0) is 12.1. The van der Waals surface area contributed by atoms with E-state index in [1.165, 1.54) is 11.1 Å². The summed E-state index contributed by atoms with van der Waals surface area (Å²) < 4.78 is 0. The van der Waals surface area contributed by atoms with Gasteiger partial charge in [-0.25, -0.2) is 0 Å². The molecule has 0 aromatic carbocycles. The Morgan fingerprint density at radius 1 is 0.850 bits per heavy atom.